The second-order valence-corrected chi connectivity index (χ2v) is 14.1. The summed E-state index contributed by atoms with van der Waals surface area (Å²) >= 11 is 0. The van der Waals surface area contributed by atoms with Gasteiger partial charge in [-0.2, -0.15) is 18.4 Å². The van der Waals surface area contributed by atoms with Crippen molar-refractivity contribution in [1.82, 2.24) is 20.9 Å². The minimum absolute atomic E-state index is 0.0412. The van der Waals surface area contributed by atoms with Gasteiger partial charge in [0.15, 0.2) is 0 Å². The Labute approximate surface area is 242 Å². The second-order valence-electron chi connectivity index (χ2n) is 14.1. The number of rotatable bonds is 7. The Hall–Kier alpha value is -2.88. The zero-order valence-electron chi connectivity index (χ0n) is 23.8. The Balaban J connectivity index is 1.26. The van der Waals surface area contributed by atoms with Gasteiger partial charge in [-0.15, -0.1) is 0 Å². The maximum Gasteiger partial charge on any atom is 0.471 e. The number of alkyl halides is 3. The number of carbonyl (C=O) groups is 4. The third-order valence-electron chi connectivity index (χ3n) is 11.2. The van der Waals surface area contributed by atoms with Crippen molar-refractivity contribution in [3.05, 3.63) is 0 Å². The number of carbonyl (C=O) groups excluding carboxylic acids is 4. The zero-order chi connectivity index (χ0) is 30.2. The molecule has 0 aromatic rings. The maximum atomic E-state index is 14.4. The molecule has 13 heteroatoms. The molecule has 2 saturated heterocycles. The molecule has 0 aromatic carbocycles. The van der Waals surface area contributed by atoms with E-state index in [1.807, 2.05) is 19.9 Å². The average molecular weight is 594 g/mol. The minimum Gasteiger partial charge on any atom is -0.366 e. The predicted molar refractivity (Wildman–Crippen MR) is 140 cm³/mol. The van der Waals surface area contributed by atoms with Crippen molar-refractivity contribution in [2.24, 2.45) is 40.4 Å². The van der Waals surface area contributed by atoms with E-state index in [1.54, 1.807) is 0 Å². The van der Waals surface area contributed by atoms with Gasteiger partial charge >= 0.3 is 12.1 Å². The number of nitrogens with one attached hydrogen (secondary N) is 3. The Morgan fingerprint density at radius 1 is 1.12 bits per heavy atom. The Bertz CT molecular complexity index is 1180. The molecule has 2 heterocycles. The van der Waals surface area contributed by atoms with Crippen LogP contribution in [0.2, 0.25) is 0 Å². The molecular formula is C29H38F3N5O5. The van der Waals surface area contributed by atoms with Gasteiger partial charge in [-0.25, -0.2) is 0 Å². The highest BCUT2D eigenvalue weighted by Gasteiger charge is 2.70. The summed E-state index contributed by atoms with van der Waals surface area (Å²) in [6.07, 6.45) is -1.41. The van der Waals surface area contributed by atoms with Crippen LogP contribution in [0.3, 0.4) is 0 Å². The van der Waals surface area contributed by atoms with Gasteiger partial charge in [0, 0.05) is 24.9 Å². The van der Waals surface area contributed by atoms with Gasteiger partial charge in [0.2, 0.25) is 17.7 Å². The van der Waals surface area contributed by atoms with E-state index in [1.165, 1.54) is 4.90 Å². The molecule has 6 atom stereocenters. The van der Waals surface area contributed by atoms with Crippen LogP contribution in [0, 0.1) is 51.8 Å². The maximum absolute atomic E-state index is 14.4. The van der Waals surface area contributed by atoms with E-state index in [0.29, 0.717) is 43.6 Å². The molecule has 2 aliphatic heterocycles. The highest BCUT2D eigenvalue weighted by Crippen LogP contribution is 2.66. The van der Waals surface area contributed by atoms with Crippen molar-refractivity contribution in [2.75, 3.05) is 19.7 Å². The van der Waals surface area contributed by atoms with Gasteiger partial charge in [-0.3, -0.25) is 19.2 Å². The summed E-state index contributed by atoms with van der Waals surface area (Å²) in [6.45, 7) is 4.78. The molecule has 7 rings (SSSR count). The number of nitriles is 1. The van der Waals surface area contributed by atoms with E-state index in [0.717, 1.165) is 19.3 Å². The summed E-state index contributed by atoms with van der Waals surface area (Å²) in [4.78, 5) is 53.9. The Morgan fingerprint density at radius 2 is 1.74 bits per heavy atom. The van der Waals surface area contributed by atoms with Gasteiger partial charge < -0.3 is 25.6 Å². The van der Waals surface area contributed by atoms with Crippen LogP contribution >= 0.6 is 0 Å². The highest BCUT2D eigenvalue weighted by molar-refractivity contribution is 5.95. The molecule has 4 bridgehead atoms. The van der Waals surface area contributed by atoms with E-state index in [-0.39, 0.29) is 42.7 Å². The molecule has 230 valence electrons. The lowest BCUT2D eigenvalue weighted by Crippen LogP contribution is -2.65. The molecule has 0 aromatic heterocycles. The van der Waals surface area contributed by atoms with Crippen molar-refractivity contribution in [3.63, 3.8) is 0 Å². The number of halogens is 3. The van der Waals surface area contributed by atoms with Crippen LogP contribution in [0.25, 0.3) is 0 Å². The molecule has 4 amide bonds. The highest BCUT2D eigenvalue weighted by atomic mass is 19.4. The van der Waals surface area contributed by atoms with E-state index in [9.17, 15) is 37.6 Å². The summed E-state index contributed by atoms with van der Waals surface area (Å²) < 4.78 is 46.0. The first kappa shape index (κ1) is 29.2. The second kappa shape index (κ2) is 10.1. The molecule has 5 aliphatic carbocycles. The van der Waals surface area contributed by atoms with Crippen LogP contribution in [-0.2, 0) is 23.9 Å². The van der Waals surface area contributed by atoms with Crippen molar-refractivity contribution < 1.29 is 37.1 Å². The van der Waals surface area contributed by atoms with Crippen molar-refractivity contribution in [2.45, 2.75) is 89.2 Å². The van der Waals surface area contributed by atoms with E-state index in [4.69, 9.17) is 4.74 Å². The number of likely N-dealkylation sites (tertiary alicyclic amines) is 1. The SMILES string of the molecule is CC1(C)[C@@H]2[C@@H](C(=O)N[C@H](C#N)C[C@@H]3OCCNC3=O)N(C(=O)C(NC(=O)C(F)(F)F)C34CC5CC(CC(C5)C3)C4)C[C@@H]21. The normalized spacial score (nSPS) is 39.0. The van der Waals surface area contributed by atoms with Crippen LogP contribution in [-0.4, -0.2) is 78.6 Å². The quantitative estimate of drug-likeness (QED) is 0.410. The van der Waals surface area contributed by atoms with Gasteiger partial charge in [-0.1, -0.05) is 13.8 Å². The van der Waals surface area contributed by atoms with Crippen LogP contribution in [0.4, 0.5) is 13.2 Å². The molecule has 1 unspecified atom stereocenters. The first-order chi connectivity index (χ1) is 19.7. The molecule has 42 heavy (non-hydrogen) atoms. The van der Waals surface area contributed by atoms with Crippen LogP contribution in [0.15, 0.2) is 0 Å². The van der Waals surface area contributed by atoms with Crippen LogP contribution < -0.4 is 16.0 Å². The number of ether oxygens (including phenoxy) is 1. The Kier molecular flexibility index (Phi) is 7.02. The average Bonchev–Trinajstić information content (AvgIpc) is 3.23. The standard InChI is InChI=1S/C29H38F3N5O5/c1-27(2)18-13-37(21(20(18)27)24(39)35-17(12-33)8-19-23(38)34-3-4-42-19)25(40)22(36-26(41)29(30,31)32)28-9-14-5-15(10-28)7-16(6-14)11-28/h14-22H,3-11,13H2,1-2H3,(H,34,38)(H,35,39)(H,36,41)/t14?,15?,16?,17-,18-,19-,20-,21-,22?,28?/m0/s1. The molecule has 7 fully saturated rings. The topological polar surface area (TPSA) is 141 Å². The zero-order valence-corrected chi connectivity index (χ0v) is 23.8. The number of amides is 4. The third kappa shape index (κ3) is 4.93. The predicted octanol–water partition coefficient (Wildman–Crippen LogP) is 1.65. The number of piperidine rings is 1. The lowest BCUT2D eigenvalue weighted by Gasteiger charge is -2.59. The van der Waals surface area contributed by atoms with Gasteiger partial charge in [0.25, 0.3) is 0 Å². The summed E-state index contributed by atoms with van der Waals surface area (Å²) in [6, 6.07) is -1.47. The van der Waals surface area contributed by atoms with E-state index in [2.05, 4.69) is 16.0 Å². The lowest BCUT2D eigenvalue weighted by molar-refractivity contribution is -0.179. The molecular weight excluding hydrogens is 555 g/mol. The van der Waals surface area contributed by atoms with E-state index >= 15 is 0 Å². The summed E-state index contributed by atoms with van der Waals surface area (Å²) in [7, 11) is 0. The molecule has 5 saturated carbocycles. The summed E-state index contributed by atoms with van der Waals surface area (Å²) in [5.41, 5.74) is -1.06. The number of fused-ring (bicyclic) bond motifs is 1. The smallest absolute Gasteiger partial charge is 0.366 e. The van der Waals surface area contributed by atoms with Crippen molar-refractivity contribution >= 4 is 23.6 Å². The van der Waals surface area contributed by atoms with Gasteiger partial charge in [0.1, 0.15) is 24.2 Å². The monoisotopic (exact) mass is 593 g/mol. The molecule has 0 spiro atoms. The Morgan fingerprint density at radius 3 is 2.29 bits per heavy atom. The van der Waals surface area contributed by atoms with Crippen molar-refractivity contribution in [3.8, 4) is 6.07 Å². The third-order valence-corrected chi connectivity index (χ3v) is 11.2. The number of nitrogens with zero attached hydrogens (tertiary/aromatic N) is 2. The first-order valence-corrected chi connectivity index (χ1v) is 15.0. The largest absolute Gasteiger partial charge is 0.471 e. The van der Waals surface area contributed by atoms with Crippen molar-refractivity contribution in [1.29, 1.82) is 5.26 Å². The first-order valence-electron chi connectivity index (χ1n) is 15.0. The fourth-order valence-corrected chi connectivity index (χ4v) is 9.56. The minimum atomic E-state index is -5.15. The van der Waals surface area contributed by atoms with Crippen LogP contribution in [0.1, 0.15) is 58.8 Å². The van der Waals surface area contributed by atoms with Gasteiger partial charge in [0.05, 0.1) is 12.7 Å². The van der Waals surface area contributed by atoms with Gasteiger partial charge in [-0.05, 0) is 73.5 Å². The number of morpholine rings is 1. The van der Waals surface area contributed by atoms with E-state index < -0.39 is 53.5 Å². The summed E-state index contributed by atoms with van der Waals surface area (Å²) in [5, 5.41) is 17.2. The molecule has 10 nitrogen and oxygen atoms in total. The summed E-state index contributed by atoms with van der Waals surface area (Å²) in [5.74, 6) is -3.10. The fraction of sp³-hybridized carbons (Fsp3) is 0.828. The molecule has 7 aliphatic rings. The fourth-order valence-electron chi connectivity index (χ4n) is 9.56. The lowest BCUT2D eigenvalue weighted by atomic mass is 9.47. The molecule has 0 radical (unpaired) electrons. The number of hydrogen-bond donors (Lipinski definition) is 3. The number of hydrogen-bond acceptors (Lipinski definition) is 6. The molecule has 3 N–H and O–H groups in total. The van der Waals surface area contributed by atoms with Crippen LogP contribution in [0.5, 0.6) is 0 Å².